The van der Waals surface area contributed by atoms with Crippen LogP contribution in [-0.2, 0) is 0 Å². The van der Waals surface area contributed by atoms with E-state index in [1.165, 1.54) is 11.3 Å². The summed E-state index contributed by atoms with van der Waals surface area (Å²) in [6.45, 7) is 3.90. The van der Waals surface area contributed by atoms with Gasteiger partial charge in [0, 0.05) is 10.3 Å². The number of rotatable bonds is 2. The molecule has 0 fully saturated rings. The summed E-state index contributed by atoms with van der Waals surface area (Å²) in [5.74, 6) is -0.244. The number of fused-ring (bicyclic) bond motifs is 1. The Balaban J connectivity index is 1.92. The largest absolute Gasteiger partial charge is 0.296 e. The van der Waals surface area contributed by atoms with Gasteiger partial charge in [0.2, 0.25) is 0 Å². The predicted molar refractivity (Wildman–Crippen MR) is 75.6 cm³/mol. The van der Waals surface area contributed by atoms with Crippen molar-refractivity contribution in [1.82, 2.24) is 15.2 Å². The number of aromatic amines is 1. The van der Waals surface area contributed by atoms with Crippen LogP contribution in [0, 0.1) is 13.8 Å². The smallest absolute Gasteiger partial charge is 0.278 e. The zero-order chi connectivity index (χ0) is 13.4. The summed E-state index contributed by atoms with van der Waals surface area (Å²) < 4.78 is 0. The zero-order valence-electron chi connectivity index (χ0n) is 10.5. The molecule has 6 heteroatoms. The Kier molecular flexibility index (Phi) is 2.79. The number of aryl methyl sites for hydroxylation is 2. The summed E-state index contributed by atoms with van der Waals surface area (Å²) in [5.41, 5.74) is 2.17. The molecule has 0 aliphatic rings. The first kappa shape index (κ1) is 11.9. The minimum Gasteiger partial charge on any atom is -0.296 e. The van der Waals surface area contributed by atoms with Crippen molar-refractivity contribution in [3.63, 3.8) is 0 Å². The van der Waals surface area contributed by atoms with Gasteiger partial charge in [-0.05, 0) is 19.9 Å². The van der Waals surface area contributed by atoms with Gasteiger partial charge >= 0.3 is 0 Å². The number of hydrogen-bond donors (Lipinski definition) is 2. The molecular formula is C13H12N4OS. The standard InChI is InChI=1S/C13H12N4OS/c1-7-8(2)19-13(14-7)15-12(18)11-9-5-3-4-6-10(9)16-17-11/h3-6H,1-2H3,(H,16,17)(H,14,15,18). The summed E-state index contributed by atoms with van der Waals surface area (Å²) >= 11 is 1.46. The van der Waals surface area contributed by atoms with Gasteiger partial charge in [0.15, 0.2) is 10.8 Å². The second-order valence-electron chi connectivity index (χ2n) is 4.23. The molecule has 2 heterocycles. The number of nitrogens with zero attached hydrogens (tertiary/aromatic N) is 2. The van der Waals surface area contributed by atoms with Gasteiger partial charge in [-0.25, -0.2) is 4.98 Å². The molecule has 0 radical (unpaired) electrons. The molecule has 0 saturated heterocycles. The topological polar surface area (TPSA) is 70.7 Å². The van der Waals surface area contributed by atoms with Crippen LogP contribution in [0.5, 0.6) is 0 Å². The highest BCUT2D eigenvalue weighted by molar-refractivity contribution is 7.15. The molecule has 0 unspecified atom stereocenters. The Hall–Kier alpha value is -2.21. The molecule has 0 spiro atoms. The minimum atomic E-state index is -0.244. The van der Waals surface area contributed by atoms with E-state index in [0.29, 0.717) is 10.8 Å². The number of para-hydroxylation sites is 1. The van der Waals surface area contributed by atoms with Crippen LogP contribution in [0.4, 0.5) is 5.13 Å². The summed E-state index contributed by atoms with van der Waals surface area (Å²) in [4.78, 5) is 17.6. The maximum absolute atomic E-state index is 12.2. The van der Waals surface area contributed by atoms with Gasteiger partial charge in [0.1, 0.15) is 0 Å². The van der Waals surface area contributed by atoms with Crippen molar-refractivity contribution >= 4 is 33.3 Å². The quantitative estimate of drug-likeness (QED) is 0.753. The Morgan fingerprint density at radius 2 is 2.11 bits per heavy atom. The van der Waals surface area contributed by atoms with Crippen molar-refractivity contribution < 1.29 is 4.79 Å². The molecule has 0 saturated carbocycles. The number of thiazole rings is 1. The molecule has 0 aliphatic carbocycles. The lowest BCUT2D eigenvalue weighted by Gasteiger charge is -1.98. The number of hydrogen-bond acceptors (Lipinski definition) is 4. The van der Waals surface area contributed by atoms with Gasteiger partial charge in [0.05, 0.1) is 11.2 Å². The second-order valence-corrected chi connectivity index (χ2v) is 5.44. The lowest BCUT2D eigenvalue weighted by atomic mass is 10.2. The lowest BCUT2D eigenvalue weighted by molar-refractivity contribution is 0.102. The van der Waals surface area contributed by atoms with Crippen molar-refractivity contribution in [2.24, 2.45) is 0 Å². The number of carbonyl (C=O) groups excluding carboxylic acids is 1. The Morgan fingerprint density at radius 1 is 1.32 bits per heavy atom. The van der Waals surface area contributed by atoms with Crippen LogP contribution < -0.4 is 5.32 Å². The van der Waals surface area contributed by atoms with Gasteiger partial charge in [-0.15, -0.1) is 11.3 Å². The van der Waals surface area contributed by atoms with E-state index in [4.69, 9.17) is 0 Å². The van der Waals surface area contributed by atoms with Gasteiger partial charge in [0.25, 0.3) is 5.91 Å². The Bertz CT molecular complexity index is 739. The molecule has 3 rings (SSSR count). The van der Waals surface area contributed by atoms with Gasteiger partial charge in [-0.1, -0.05) is 18.2 Å². The van der Waals surface area contributed by atoms with Crippen molar-refractivity contribution in [1.29, 1.82) is 0 Å². The maximum Gasteiger partial charge on any atom is 0.278 e. The average Bonchev–Trinajstić information content (AvgIpc) is 2.94. The number of anilines is 1. The molecule has 5 nitrogen and oxygen atoms in total. The van der Waals surface area contributed by atoms with Crippen LogP contribution in [0.2, 0.25) is 0 Å². The van der Waals surface area contributed by atoms with Gasteiger partial charge in [-0.2, -0.15) is 5.10 Å². The number of amides is 1. The first-order chi connectivity index (χ1) is 9.15. The van der Waals surface area contributed by atoms with E-state index < -0.39 is 0 Å². The third-order valence-electron chi connectivity index (χ3n) is 2.93. The fraction of sp³-hybridized carbons (Fsp3) is 0.154. The molecule has 1 amide bonds. The van der Waals surface area contributed by atoms with Crippen LogP contribution in [0.15, 0.2) is 24.3 Å². The predicted octanol–water partition coefficient (Wildman–Crippen LogP) is 2.89. The number of nitrogens with one attached hydrogen (secondary N) is 2. The molecule has 1 aromatic carbocycles. The Labute approximate surface area is 113 Å². The summed E-state index contributed by atoms with van der Waals surface area (Å²) in [6.07, 6.45) is 0. The monoisotopic (exact) mass is 272 g/mol. The molecule has 0 atom stereocenters. The third-order valence-corrected chi connectivity index (χ3v) is 3.92. The average molecular weight is 272 g/mol. The fourth-order valence-corrected chi connectivity index (χ4v) is 2.63. The molecule has 3 aromatic rings. The second kappa shape index (κ2) is 4.47. The highest BCUT2D eigenvalue weighted by Gasteiger charge is 2.15. The van der Waals surface area contributed by atoms with E-state index in [1.54, 1.807) is 0 Å². The van der Waals surface area contributed by atoms with E-state index in [-0.39, 0.29) is 5.91 Å². The van der Waals surface area contributed by atoms with Crippen molar-refractivity contribution in [2.45, 2.75) is 13.8 Å². The number of carbonyl (C=O) groups is 1. The highest BCUT2D eigenvalue weighted by Crippen LogP contribution is 2.22. The van der Waals surface area contributed by atoms with E-state index in [9.17, 15) is 4.79 Å². The van der Waals surface area contributed by atoms with E-state index in [2.05, 4.69) is 20.5 Å². The van der Waals surface area contributed by atoms with E-state index >= 15 is 0 Å². The molecule has 96 valence electrons. The number of aromatic nitrogens is 3. The van der Waals surface area contributed by atoms with Crippen LogP contribution >= 0.6 is 11.3 Å². The zero-order valence-corrected chi connectivity index (χ0v) is 11.3. The van der Waals surface area contributed by atoms with Crippen molar-refractivity contribution in [3.8, 4) is 0 Å². The maximum atomic E-state index is 12.2. The Morgan fingerprint density at radius 3 is 2.84 bits per heavy atom. The fourth-order valence-electron chi connectivity index (χ4n) is 1.82. The summed E-state index contributed by atoms with van der Waals surface area (Å²) in [7, 11) is 0. The van der Waals surface area contributed by atoms with E-state index in [1.807, 2.05) is 38.1 Å². The molecule has 0 bridgehead atoms. The highest BCUT2D eigenvalue weighted by atomic mass is 32.1. The molecular weight excluding hydrogens is 260 g/mol. The normalized spacial score (nSPS) is 10.8. The number of H-pyrrole nitrogens is 1. The molecule has 2 aromatic heterocycles. The first-order valence-corrected chi connectivity index (χ1v) is 6.65. The van der Waals surface area contributed by atoms with Crippen LogP contribution in [0.1, 0.15) is 21.1 Å². The summed E-state index contributed by atoms with van der Waals surface area (Å²) in [6, 6.07) is 7.53. The van der Waals surface area contributed by atoms with Gasteiger partial charge < -0.3 is 0 Å². The SMILES string of the molecule is Cc1nc(NC(=O)c2n[nH]c3ccccc23)sc1C. The van der Waals surface area contributed by atoms with Crippen LogP contribution in [0.3, 0.4) is 0 Å². The van der Waals surface area contributed by atoms with E-state index in [0.717, 1.165) is 21.5 Å². The summed E-state index contributed by atoms with van der Waals surface area (Å²) in [5, 5.41) is 11.1. The molecule has 19 heavy (non-hydrogen) atoms. The third kappa shape index (κ3) is 2.10. The van der Waals surface area contributed by atoms with Gasteiger partial charge in [-0.3, -0.25) is 15.2 Å². The number of benzene rings is 1. The first-order valence-electron chi connectivity index (χ1n) is 5.83. The molecule has 0 aliphatic heterocycles. The molecule has 2 N–H and O–H groups in total. The van der Waals surface area contributed by atoms with Crippen LogP contribution in [0.25, 0.3) is 10.9 Å². The van der Waals surface area contributed by atoms with Crippen molar-refractivity contribution in [2.75, 3.05) is 5.32 Å². The van der Waals surface area contributed by atoms with Crippen molar-refractivity contribution in [3.05, 3.63) is 40.5 Å². The van der Waals surface area contributed by atoms with Crippen LogP contribution in [-0.4, -0.2) is 21.1 Å². The minimum absolute atomic E-state index is 0.244. The lowest BCUT2D eigenvalue weighted by Crippen LogP contribution is -2.12.